The summed E-state index contributed by atoms with van der Waals surface area (Å²) >= 11 is 0. The summed E-state index contributed by atoms with van der Waals surface area (Å²) in [5, 5.41) is 5.35. The zero-order valence-corrected chi connectivity index (χ0v) is 15.6. The molecule has 2 N–H and O–H groups in total. The van der Waals surface area contributed by atoms with Gasteiger partial charge in [0, 0.05) is 24.1 Å². The fraction of sp³-hybridized carbons (Fsp3) is 0.263. The molecule has 0 bridgehead atoms. The van der Waals surface area contributed by atoms with Crippen LogP contribution >= 0.6 is 0 Å². The lowest BCUT2D eigenvalue weighted by Gasteiger charge is -2.12. The maximum Gasteiger partial charge on any atom is 0.255 e. The van der Waals surface area contributed by atoms with Crippen LogP contribution in [0.15, 0.2) is 53.4 Å². The van der Waals surface area contributed by atoms with Crippen LogP contribution in [0.3, 0.4) is 0 Å². The third-order valence-corrected chi connectivity index (χ3v) is 5.30. The molecule has 1 saturated heterocycles. The summed E-state index contributed by atoms with van der Waals surface area (Å²) in [6.07, 6.45) is 2.14. The van der Waals surface area contributed by atoms with Gasteiger partial charge in [0.25, 0.3) is 11.8 Å². The van der Waals surface area contributed by atoms with Gasteiger partial charge in [-0.1, -0.05) is 18.2 Å². The Labute approximate surface area is 157 Å². The summed E-state index contributed by atoms with van der Waals surface area (Å²) in [5.41, 5.74) is 0.974. The molecule has 8 heteroatoms. The van der Waals surface area contributed by atoms with Gasteiger partial charge in [-0.05, 0) is 43.2 Å². The van der Waals surface area contributed by atoms with Crippen LogP contribution in [0.2, 0.25) is 0 Å². The second-order valence-corrected chi connectivity index (χ2v) is 8.28. The van der Waals surface area contributed by atoms with Crippen molar-refractivity contribution in [2.75, 3.05) is 23.5 Å². The van der Waals surface area contributed by atoms with Crippen LogP contribution in [0.25, 0.3) is 0 Å². The lowest BCUT2D eigenvalue weighted by atomic mass is 10.1. The van der Waals surface area contributed by atoms with E-state index in [9.17, 15) is 18.0 Å². The molecule has 1 aliphatic rings. The van der Waals surface area contributed by atoms with E-state index in [1.165, 1.54) is 18.2 Å². The molecule has 0 aromatic heterocycles. The molecule has 1 atom stereocenters. The molecule has 1 aliphatic heterocycles. The topological polar surface area (TPSA) is 102 Å². The molecule has 3 rings (SSSR count). The number of amides is 2. The summed E-state index contributed by atoms with van der Waals surface area (Å²) < 4.78 is 29.1. The number of sulfone groups is 1. The highest BCUT2D eigenvalue weighted by Gasteiger charge is 2.23. The van der Waals surface area contributed by atoms with Crippen molar-refractivity contribution in [3.05, 3.63) is 54.1 Å². The maximum absolute atomic E-state index is 12.5. The van der Waals surface area contributed by atoms with Gasteiger partial charge in [0.2, 0.25) is 0 Å². The SMILES string of the molecule is CS(=O)(=O)c1ccccc1NC(=O)c1cccc(NC(=O)C2CCCO2)c1. The molecule has 1 heterocycles. The minimum absolute atomic E-state index is 0.0428. The van der Waals surface area contributed by atoms with Crippen molar-refractivity contribution < 1.29 is 22.7 Å². The third kappa shape index (κ3) is 4.72. The van der Waals surface area contributed by atoms with Gasteiger partial charge < -0.3 is 15.4 Å². The van der Waals surface area contributed by atoms with Crippen LogP contribution in [0.5, 0.6) is 0 Å². The average molecular weight is 388 g/mol. The van der Waals surface area contributed by atoms with Gasteiger partial charge in [0.15, 0.2) is 9.84 Å². The first-order valence-corrected chi connectivity index (χ1v) is 10.4. The Kier molecular flexibility index (Phi) is 5.57. The second kappa shape index (κ2) is 7.89. The van der Waals surface area contributed by atoms with E-state index in [1.54, 1.807) is 30.3 Å². The number of benzene rings is 2. The average Bonchev–Trinajstić information content (AvgIpc) is 3.16. The van der Waals surface area contributed by atoms with Crippen LogP contribution in [0.1, 0.15) is 23.2 Å². The molecule has 0 saturated carbocycles. The minimum Gasteiger partial charge on any atom is -0.368 e. The molecular formula is C19H20N2O5S. The second-order valence-electron chi connectivity index (χ2n) is 6.29. The molecule has 142 valence electrons. The van der Waals surface area contributed by atoms with Crippen molar-refractivity contribution in [1.82, 2.24) is 0 Å². The molecule has 7 nitrogen and oxygen atoms in total. The molecule has 2 amide bonds. The summed E-state index contributed by atoms with van der Waals surface area (Å²) in [6.45, 7) is 0.570. The van der Waals surface area contributed by atoms with Gasteiger partial charge >= 0.3 is 0 Å². The van der Waals surface area contributed by atoms with Crippen molar-refractivity contribution >= 4 is 33.0 Å². The van der Waals surface area contributed by atoms with E-state index in [4.69, 9.17) is 4.74 Å². The number of rotatable bonds is 5. The number of carbonyl (C=O) groups is 2. The Morgan fingerprint density at radius 3 is 2.56 bits per heavy atom. The molecule has 1 fully saturated rings. The molecule has 0 spiro atoms. The zero-order valence-electron chi connectivity index (χ0n) is 14.8. The zero-order chi connectivity index (χ0) is 19.4. The van der Waals surface area contributed by atoms with Crippen LogP contribution in [0, 0.1) is 0 Å². The lowest BCUT2D eigenvalue weighted by molar-refractivity contribution is -0.124. The molecule has 0 radical (unpaired) electrons. The highest BCUT2D eigenvalue weighted by atomic mass is 32.2. The smallest absolute Gasteiger partial charge is 0.255 e. The lowest BCUT2D eigenvalue weighted by Crippen LogP contribution is -2.27. The first-order chi connectivity index (χ1) is 12.8. The molecule has 27 heavy (non-hydrogen) atoms. The van der Waals surface area contributed by atoms with E-state index in [1.807, 2.05) is 0 Å². The van der Waals surface area contributed by atoms with Crippen LogP contribution in [-0.2, 0) is 19.4 Å². The number of anilines is 2. The molecular weight excluding hydrogens is 368 g/mol. The van der Waals surface area contributed by atoms with Gasteiger partial charge in [0.05, 0.1) is 10.6 Å². The summed E-state index contributed by atoms with van der Waals surface area (Å²) in [7, 11) is -3.48. The Balaban J connectivity index is 1.75. The number of para-hydroxylation sites is 1. The number of carbonyl (C=O) groups excluding carboxylic acids is 2. The molecule has 1 unspecified atom stereocenters. The first kappa shape index (κ1) is 19.1. The standard InChI is InChI=1S/C19H20N2O5S/c1-27(24,25)17-10-3-2-8-15(17)21-18(22)13-6-4-7-14(12-13)20-19(23)16-9-5-11-26-16/h2-4,6-8,10,12,16H,5,9,11H2,1H3,(H,20,23)(H,21,22). The van der Waals surface area contributed by atoms with Crippen LogP contribution in [0.4, 0.5) is 11.4 Å². The Morgan fingerprint density at radius 2 is 1.85 bits per heavy atom. The van der Waals surface area contributed by atoms with E-state index in [0.29, 0.717) is 24.3 Å². The van der Waals surface area contributed by atoms with Crippen molar-refractivity contribution in [2.45, 2.75) is 23.8 Å². The normalized spacial score (nSPS) is 16.7. The number of hydrogen-bond acceptors (Lipinski definition) is 5. The van der Waals surface area contributed by atoms with Gasteiger partial charge in [-0.3, -0.25) is 9.59 Å². The predicted octanol–water partition coefficient (Wildman–Crippen LogP) is 2.46. The van der Waals surface area contributed by atoms with Crippen LogP contribution < -0.4 is 10.6 Å². The number of ether oxygens (including phenoxy) is 1. The highest BCUT2D eigenvalue weighted by molar-refractivity contribution is 7.90. The highest BCUT2D eigenvalue weighted by Crippen LogP contribution is 2.22. The molecule has 2 aromatic rings. The quantitative estimate of drug-likeness (QED) is 0.819. The largest absolute Gasteiger partial charge is 0.368 e. The van der Waals surface area contributed by atoms with E-state index in [0.717, 1.165) is 12.7 Å². The fourth-order valence-corrected chi connectivity index (χ4v) is 3.68. The van der Waals surface area contributed by atoms with E-state index in [-0.39, 0.29) is 16.5 Å². The Morgan fingerprint density at radius 1 is 1.07 bits per heavy atom. The van der Waals surface area contributed by atoms with Gasteiger partial charge in [0.1, 0.15) is 6.10 Å². The van der Waals surface area contributed by atoms with E-state index < -0.39 is 21.8 Å². The number of hydrogen-bond donors (Lipinski definition) is 2. The van der Waals surface area contributed by atoms with Crippen molar-refractivity contribution in [1.29, 1.82) is 0 Å². The van der Waals surface area contributed by atoms with Crippen molar-refractivity contribution in [3.8, 4) is 0 Å². The minimum atomic E-state index is -3.48. The predicted molar refractivity (Wildman–Crippen MR) is 102 cm³/mol. The Bertz CT molecular complexity index is 966. The monoisotopic (exact) mass is 388 g/mol. The van der Waals surface area contributed by atoms with Gasteiger partial charge in [-0.15, -0.1) is 0 Å². The maximum atomic E-state index is 12.5. The Hall–Kier alpha value is -2.71. The third-order valence-electron chi connectivity index (χ3n) is 4.15. The van der Waals surface area contributed by atoms with E-state index >= 15 is 0 Å². The van der Waals surface area contributed by atoms with Crippen molar-refractivity contribution in [3.63, 3.8) is 0 Å². The summed E-state index contributed by atoms with van der Waals surface area (Å²) in [5.74, 6) is -0.716. The molecule has 0 aliphatic carbocycles. The molecule has 2 aromatic carbocycles. The number of nitrogens with one attached hydrogen (secondary N) is 2. The first-order valence-electron chi connectivity index (χ1n) is 8.47. The van der Waals surface area contributed by atoms with Gasteiger partial charge in [-0.2, -0.15) is 0 Å². The van der Waals surface area contributed by atoms with Gasteiger partial charge in [-0.25, -0.2) is 8.42 Å². The van der Waals surface area contributed by atoms with Crippen LogP contribution in [-0.4, -0.2) is 39.2 Å². The summed E-state index contributed by atoms with van der Waals surface area (Å²) in [4.78, 5) is 24.7. The van der Waals surface area contributed by atoms with E-state index in [2.05, 4.69) is 10.6 Å². The summed E-state index contributed by atoms with van der Waals surface area (Å²) in [6, 6.07) is 12.6. The fourth-order valence-electron chi connectivity index (χ4n) is 2.83. The van der Waals surface area contributed by atoms with Crippen molar-refractivity contribution in [2.24, 2.45) is 0 Å².